The van der Waals surface area contributed by atoms with Crippen LogP contribution in [0, 0.1) is 11.7 Å². The van der Waals surface area contributed by atoms with Gasteiger partial charge in [0, 0.05) is 40.2 Å². The second kappa shape index (κ2) is 10.1. The Balaban J connectivity index is 1.36. The fraction of sp³-hybridized carbons (Fsp3) is 0.381. The average Bonchev–Trinajstić information content (AvgIpc) is 2.69. The van der Waals surface area contributed by atoms with Crippen molar-refractivity contribution in [1.29, 1.82) is 0 Å². The maximum Gasteiger partial charge on any atom is 0.223 e. The van der Waals surface area contributed by atoms with E-state index in [-0.39, 0.29) is 17.6 Å². The van der Waals surface area contributed by atoms with E-state index in [9.17, 15) is 9.18 Å². The van der Waals surface area contributed by atoms with Gasteiger partial charge in [0.1, 0.15) is 5.82 Å². The highest BCUT2D eigenvalue weighted by Gasteiger charge is 2.25. The lowest BCUT2D eigenvalue weighted by Crippen LogP contribution is -2.40. The molecule has 144 valence electrons. The molecule has 1 N–H and O–H groups in total. The Bertz CT molecular complexity index is 751. The summed E-state index contributed by atoms with van der Waals surface area (Å²) in [5, 5.41) is 3.46. The summed E-state index contributed by atoms with van der Waals surface area (Å²) in [5.41, 5.74) is 0.653. The minimum Gasteiger partial charge on any atom is -0.355 e. The summed E-state index contributed by atoms with van der Waals surface area (Å²) in [6.45, 7) is 2.84. The molecule has 0 unspecified atom stereocenters. The first kappa shape index (κ1) is 20.2. The zero-order valence-corrected chi connectivity index (χ0v) is 16.7. The molecule has 1 amide bonds. The Morgan fingerprint density at radius 1 is 1.19 bits per heavy atom. The van der Waals surface area contributed by atoms with Crippen LogP contribution in [0.1, 0.15) is 18.4 Å². The molecule has 3 rings (SSSR count). The smallest absolute Gasteiger partial charge is 0.223 e. The monoisotopic (exact) mass is 406 g/mol. The van der Waals surface area contributed by atoms with Gasteiger partial charge in [-0.3, -0.25) is 9.69 Å². The molecule has 3 nitrogen and oxygen atoms in total. The third-order valence-corrected chi connectivity index (χ3v) is 6.03. The molecule has 6 heteroatoms. The van der Waals surface area contributed by atoms with Gasteiger partial charge in [-0.1, -0.05) is 35.9 Å². The molecule has 0 radical (unpaired) electrons. The van der Waals surface area contributed by atoms with E-state index in [0.29, 0.717) is 23.7 Å². The number of hydrogen-bond donors (Lipinski definition) is 1. The van der Waals surface area contributed by atoms with Crippen LogP contribution in [0.3, 0.4) is 0 Å². The number of rotatable bonds is 7. The standard InChI is InChI=1S/C21H24ClFN2OS/c22-18-7-6-17(20(23)14-18)15-25-11-8-16(9-12-25)21(26)24-10-13-27-19-4-2-1-3-5-19/h1-7,14,16H,8-13,15H2,(H,24,26). The molecule has 0 aromatic heterocycles. The van der Waals surface area contributed by atoms with E-state index in [4.69, 9.17) is 11.6 Å². The zero-order valence-electron chi connectivity index (χ0n) is 15.2. The number of halogens is 2. The molecule has 0 atom stereocenters. The zero-order chi connectivity index (χ0) is 19.1. The van der Waals surface area contributed by atoms with Crippen molar-refractivity contribution in [3.63, 3.8) is 0 Å². The van der Waals surface area contributed by atoms with Gasteiger partial charge in [0.25, 0.3) is 0 Å². The fourth-order valence-corrected chi connectivity index (χ4v) is 4.20. The Labute approximate surface area is 169 Å². The van der Waals surface area contributed by atoms with Crippen LogP contribution in [0.15, 0.2) is 53.4 Å². The maximum absolute atomic E-state index is 13.9. The summed E-state index contributed by atoms with van der Waals surface area (Å²) in [7, 11) is 0. The van der Waals surface area contributed by atoms with Gasteiger partial charge in [0.15, 0.2) is 0 Å². The van der Waals surface area contributed by atoms with Crippen LogP contribution in [0.4, 0.5) is 4.39 Å². The normalized spacial score (nSPS) is 15.6. The van der Waals surface area contributed by atoms with E-state index in [1.165, 1.54) is 11.0 Å². The summed E-state index contributed by atoms with van der Waals surface area (Å²) in [4.78, 5) is 15.8. The van der Waals surface area contributed by atoms with E-state index < -0.39 is 0 Å². The molecule has 1 fully saturated rings. The van der Waals surface area contributed by atoms with Crippen LogP contribution in [0.2, 0.25) is 5.02 Å². The van der Waals surface area contributed by atoms with Crippen LogP contribution in [0.5, 0.6) is 0 Å². The van der Waals surface area contributed by atoms with Gasteiger partial charge in [-0.15, -0.1) is 11.8 Å². The molecule has 2 aromatic carbocycles. The van der Waals surface area contributed by atoms with Gasteiger partial charge >= 0.3 is 0 Å². The van der Waals surface area contributed by atoms with E-state index in [1.807, 2.05) is 18.2 Å². The molecular formula is C21H24ClFN2OS. The lowest BCUT2D eigenvalue weighted by atomic mass is 9.95. The van der Waals surface area contributed by atoms with Crippen molar-refractivity contribution < 1.29 is 9.18 Å². The molecular weight excluding hydrogens is 383 g/mol. The SMILES string of the molecule is O=C(NCCSc1ccccc1)C1CCN(Cc2ccc(Cl)cc2F)CC1. The van der Waals surface area contributed by atoms with E-state index >= 15 is 0 Å². The van der Waals surface area contributed by atoms with Crippen LogP contribution in [-0.2, 0) is 11.3 Å². The van der Waals surface area contributed by atoms with E-state index in [0.717, 1.165) is 31.7 Å². The Kier molecular flexibility index (Phi) is 7.56. The van der Waals surface area contributed by atoms with Crippen LogP contribution in [0.25, 0.3) is 0 Å². The van der Waals surface area contributed by atoms with Gasteiger partial charge < -0.3 is 5.32 Å². The van der Waals surface area contributed by atoms with Crippen molar-refractivity contribution in [2.45, 2.75) is 24.3 Å². The summed E-state index contributed by atoms with van der Waals surface area (Å²) < 4.78 is 13.9. The van der Waals surface area contributed by atoms with Crippen molar-refractivity contribution in [2.24, 2.45) is 5.92 Å². The highest BCUT2D eigenvalue weighted by molar-refractivity contribution is 7.99. The third kappa shape index (κ3) is 6.23. The Morgan fingerprint density at radius 3 is 2.63 bits per heavy atom. The number of benzene rings is 2. The largest absolute Gasteiger partial charge is 0.355 e. The molecule has 0 aliphatic carbocycles. The number of likely N-dealkylation sites (tertiary alicyclic amines) is 1. The lowest BCUT2D eigenvalue weighted by Gasteiger charge is -2.31. The molecule has 1 aliphatic heterocycles. The minimum absolute atomic E-state index is 0.0537. The molecule has 0 saturated carbocycles. The molecule has 1 saturated heterocycles. The number of carbonyl (C=O) groups excluding carboxylic acids is 1. The number of hydrogen-bond acceptors (Lipinski definition) is 3. The molecule has 27 heavy (non-hydrogen) atoms. The highest BCUT2D eigenvalue weighted by atomic mass is 35.5. The van der Waals surface area contributed by atoms with E-state index in [2.05, 4.69) is 22.3 Å². The number of thioether (sulfide) groups is 1. The molecule has 0 spiro atoms. The van der Waals surface area contributed by atoms with Crippen molar-refractivity contribution in [1.82, 2.24) is 10.2 Å². The van der Waals surface area contributed by atoms with Gasteiger partial charge in [0.05, 0.1) is 0 Å². The molecule has 1 aliphatic rings. The Hall–Kier alpha value is -1.56. The maximum atomic E-state index is 13.9. The van der Waals surface area contributed by atoms with Gasteiger partial charge in [-0.2, -0.15) is 0 Å². The first-order chi connectivity index (χ1) is 13.1. The Morgan fingerprint density at radius 2 is 1.93 bits per heavy atom. The van der Waals surface area contributed by atoms with E-state index in [1.54, 1.807) is 23.9 Å². The number of carbonyl (C=O) groups is 1. The van der Waals surface area contributed by atoms with Crippen molar-refractivity contribution in [3.05, 3.63) is 64.9 Å². The highest BCUT2D eigenvalue weighted by Crippen LogP contribution is 2.22. The number of nitrogens with zero attached hydrogens (tertiary/aromatic N) is 1. The van der Waals surface area contributed by atoms with Gasteiger partial charge in [-0.05, 0) is 50.2 Å². The fourth-order valence-electron chi connectivity index (χ4n) is 3.25. The molecule has 1 heterocycles. The van der Waals surface area contributed by atoms with Crippen molar-refractivity contribution in [2.75, 3.05) is 25.4 Å². The first-order valence-electron chi connectivity index (χ1n) is 9.23. The third-order valence-electron chi connectivity index (χ3n) is 4.78. The summed E-state index contributed by atoms with van der Waals surface area (Å²) in [6, 6.07) is 15.0. The lowest BCUT2D eigenvalue weighted by molar-refractivity contribution is -0.126. The minimum atomic E-state index is -0.265. The average molecular weight is 407 g/mol. The molecule has 0 bridgehead atoms. The van der Waals surface area contributed by atoms with Crippen LogP contribution in [-0.4, -0.2) is 36.2 Å². The summed E-state index contributed by atoms with van der Waals surface area (Å²) in [5.74, 6) is 0.794. The van der Waals surface area contributed by atoms with Crippen LogP contribution >= 0.6 is 23.4 Å². The number of amides is 1. The predicted octanol–water partition coefficient (Wildman–Crippen LogP) is 4.60. The quantitative estimate of drug-likeness (QED) is 0.538. The van der Waals surface area contributed by atoms with Gasteiger partial charge in [-0.25, -0.2) is 4.39 Å². The second-order valence-corrected chi connectivity index (χ2v) is 8.34. The number of piperidine rings is 1. The van der Waals surface area contributed by atoms with Gasteiger partial charge in [0.2, 0.25) is 5.91 Å². The van der Waals surface area contributed by atoms with Crippen molar-refractivity contribution in [3.8, 4) is 0 Å². The second-order valence-electron chi connectivity index (χ2n) is 6.74. The number of nitrogens with one attached hydrogen (secondary N) is 1. The molecule has 2 aromatic rings. The van der Waals surface area contributed by atoms with Crippen molar-refractivity contribution >= 4 is 29.3 Å². The topological polar surface area (TPSA) is 32.3 Å². The summed E-state index contributed by atoms with van der Waals surface area (Å²) >= 11 is 7.55. The van der Waals surface area contributed by atoms with Crippen LogP contribution < -0.4 is 5.32 Å². The first-order valence-corrected chi connectivity index (χ1v) is 10.6. The predicted molar refractivity (Wildman–Crippen MR) is 110 cm³/mol. The summed E-state index contributed by atoms with van der Waals surface area (Å²) in [6.07, 6.45) is 1.62.